The highest BCUT2D eigenvalue weighted by molar-refractivity contribution is 7.89. The summed E-state index contributed by atoms with van der Waals surface area (Å²) < 4.78 is 32.4. The fraction of sp³-hybridized carbons (Fsp3) is 0.250. The zero-order chi connectivity index (χ0) is 19.7. The van der Waals surface area contributed by atoms with Crippen LogP contribution in [0, 0.1) is 0 Å². The Morgan fingerprint density at radius 3 is 2.43 bits per heavy atom. The lowest BCUT2D eigenvalue weighted by molar-refractivity contribution is 0.0998. The lowest BCUT2D eigenvalue weighted by Crippen LogP contribution is -2.35. The van der Waals surface area contributed by atoms with Gasteiger partial charge >= 0.3 is 0 Å². The van der Waals surface area contributed by atoms with Crippen LogP contribution in [0.5, 0.6) is 0 Å². The van der Waals surface area contributed by atoms with E-state index < -0.39 is 15.9 Å². The highest BCUT2D eigenvalue weighted by atomic mass is 35.5. The average molecular weight is 419 g/mol. The van der Waals surface area contributed by atoms with Gasteiger partial charge in [0.15, 0.2) is 5.76 Å². The van der Waals surface area contributed by atoms with E-state index in [2.05, 4.69) is 5.32 Å². The van der Waals surface area contributed by atoms with Gasteiger partial charge in [-0.15, -0.1) is 0 Å². The zero-order valence-electron chi connectivity index (χ0n) is 15.0. The van der Waals surface area contributed by atoms with Crippen molar-refractivity contribution < 1.29 is 17.6 Å². The third kappa shape index (κ3) is 3.78. The minimum absolute atomic E-state index is 0.155. The van der Waals surface area contributed by atoms with Gasteiger partial charge in [0.25, 0.3) is 5.91 Å². The number of benzene rings is 2. The van der Waals surface area contributed by atoms with Crippen LogP contribution in [-0.2, 0) is 10.0 Å². The van der Waals surface area contributed by atoms with E-state index >= 15 is 0 Å². The molecule has 28 heavy (non-hydrogen) atoms. The smallest absolute Gasteiger partial charge is 0.291 e. The molecule has 8 heteroatoms. The first kappa shape index (κ1) is 19.0. The molecule has 0 saturated carbocycles. The number of sulfonamides is 1. The summed E-state index contributed by atoms with van der Waals surface area (Å²) >= 11 is 5.95. The molecule has 1 saturated heterocycles. The Morgan fingerprint density at radius 1 is 1.00 bits per heavy atom. The standard InChI is InChI=1S/C20H19ClN2O4S/c21-15-4-9-18-14(12-15)13-19(27-18)20(24)22-16-5-7-17(8-6-16)28(25,26)23-10-2-1-3-11-23/h4-9,12-13H,1-3,10-11H2,(H,22,24). The van der Waals surface area contributed by atoms with E-state index in [9.17, 15) is 13.2 Å². The van der Waals surface area contributed by atoms with E-state index in [1.807, 2.05) is 0 Å². The van der Waals surface area contributed by atoms with Gasteiger partial charge in [-0.2, -0.15) is 4.31 Å². The highest BCUT2D eigenvalue weighted by Gasteiger charge is 2.25. The summed E-state index contributed by atoms with van der Waals surface area (Å²) in [5.74, 6) is -0.263. The Hall–Kier alpha value is -2.35. The number of halogens is 1. The molecule has 0 aliphatic carbocycles. The molecule has 1 aliphatic rings. The molecule has 2 aromatic carbocycles. The largest absolute Gasteiger partial charge is 0.451 e. The fourth-order valence-corrected chi connectivity index (χ4v) is 4.98. The quantitative estimate of drug-likeness (QED) is 0.675. The molecule has 6 nitrogen and oxygen atoms in total. The molecule has 1 aliphatic heterocycles. The third-order valence-corrected chi connectivity index (χ3v) is 6.92. The molecule has 1 fully saturated rings. The Balaban J connectivity index is 1.49. The maximum absolute atomic E-state index is 12.7. The number of nitrogens with zero attached hydrogens (tertiary/aromatic N) is 1. The van der Waals surface area contributed by atoms with Gasteiger partial charge in [-0.05, 0) is 61.4 Å². The van der Waals surface area contributed by atoms with Gasteiger partial charge in [0.1, 0.15) is 5.58 Å². The SMILES string of the molecule is O=C(Nc1ccc(S(=O)(=O)N2CCCCC2)cc1)c1cc2cc(Cl)ccc2o1. The number of carbonyl (C=O) groups excluding carboxylic acids is 1. The molecule has 2 heterocycles. The van der Waals surface area contributed by atoms with Crippen LogP contribution in [0.1, 0.15) is 29.8 Å². The van der Waals surface area contributed by atoms with Gasteiger partial charge in [-0.25, -0.2) is 8.42 Å². The molecule has 4 rings (SSSR count). The molecule has 1 aromatic heterocycles. The van der Waals surface area contributed by atoms with Gasteiger partial charge in [-0.1, -0.05) is 18.0 Å². The first-order chi connectivity index (χ1) is 13.4. The van der Waals surface area contributed by atoms with Crippen LogP contribution in [-0.4, -0.2) is 31.7 Å². The summed E-state index contributed by atoms with van der Waals surface area (Å²) in [5.41, 5.74) is 1.05. The number of rotatable bonds is 4. The van der Waals surface area contributed by atoms with Gasteiger partial charge in [-0.3, -0.25) is 4.79 Å². The average Bonchev–Trinajstić information content (AvgIpc) is 3.12. The number of piperidine rings is 1. The Labute approximate surface area is 168 Å². The van der Waals surface area contributed by atoms with E-state index in [1.165, 1.54) is 16.4 Å². The Morgan fingerprint density at radius 2 is 1.71 bits per heavy atom. The zero-order valence-corrected chi connectivity index (χ0v) is 16.6. The van der Waals surface area contributed by atoms with Crippen molar-refractivity contribution in [1.29, 1.82) is 0 Å². The summed E-state index contributed by atoms with van der Waals surface area (Å²) in [7, 11) is -3.49. The molecular weight excluding hydrogens is 400 g/mol. The number of fused-ring (bicyclic) bond motifs is 1. The normalized spacial score (nSPS) is 15.6. The van der Waals surface area contributed by atoms with Crippen molar-refractivity contribution in [1.82, 2.24) is 4.31 Å². The monoisotopic (exact) mass is 418 g/mol. The van der Waals surface area contributed by atoms with Crippen molar-refractivity contribution in [3.8, 4) is 0 Å². The van der Waals surface area contributed by atoms with Crippen LogP contribution in [0.15, 0.2) is 57.8 Å². The van der Waals surface area contributed by atoms with Crippen molar-refractivity contribution in [3.05, 3.63) is 59.3 Å². The minimum atomic E-state index is -3.49. The van der Waals surface area contributed by atoms with Crippen molar-refractivity contribution in [2.24, 2.45) is 0 Å². The predicted octanol–water partition coefficient (Wildman–Crippen LogP) is 4.51. The van der Waals surface area contributed by atoms with E-state index in [0.29, 0.717) is 29.4 Å². The molecule has 1 N–H and O–H groups in total. The van der Waals surface area contributed by atoms with Gasteiger partial charge in [0.05, 0.1) is 4.90 Å². The van der Waals surface area contributed by atoms with Crippen molar-refractivity contribution in [2.75, 3.05) is 18.4 Å². The second kappa shape index (κ2) is 7.58. The first-order valence-electron chi connectivity index (χ1n) is 9.04. The molecule has 0 spiro atoms. The molecule has 146 valence electrons. The van der Waals surface area contributed by atoms with Crippen molar-refractivity contribution in [3.63, 3.8) is 0 Å². The van der Waals surface area contributed by atoms with Gasteiger partial charge in [0, 0.05) is 29.2 Å². The van der Waals surface area contributed by atoms with Crippen LogP contribution < -0.4 is 5.32 Å². The molecular formula is C20H19ClN2O4S. The number of amides is 1. The van der Waals surface area contributed by atoms with Crippen molar-refractivity contribution >= 4 is 44.2 Å². The number of hydrogen-bond acceptors (Lipinski definition) is 4. The number of nitrogens with one attached hydrogen (secondary N) is 1. The highest BCUT2D eigenvalue weighted by Crippen LogP contribution is 2.25. The third-order valence-electron chi connectivity index (χ3n) is 4.77. The molecule has 3 aromatic rings. The van der Waals surface area contributed by atoms with E-state index in [0.717, 1.165) is 24.6 Å². The summed E-state index contributed by atoms with van der Waals surface area (Å²) in [4.78, 5) is 12.7. The summed E-state index contributed by atoms with van der Waals surface area (Å²) in [6.45, 7) is 1.10. The minimum Gasteiger partial charge on any atom is -0.451 e. The fourth-order valence-electron chi connectivity index (χ4n) is 3.28. The number of anilines is 1. The maximum atomic E-state index is 12.7. The lowest BCUT2D eigenvalue weighted by Gasteiger charge is -2.25. The van der Waals surface area contributed by atoms with Crippen LogP contribution in [0.4, 0.5) is 5.69 Å². The summed E-state index contributed by atoms with van der Waals surface area (Å²) in [5, 5.41) is 4.02. The predicted molar refractivity (Wildman–Crippen MR) is 108 cm³/mol. The Kier molecular flexibility index (Phi) is 5.14. The van der Waals surface area contributed by atoms with Gasteiger partial charge in [0.2, 0.25) is 10.0 Å². The maximum Gasteiger partial charge on any atom is 0.291 e. The second-order valence-electron chi connectivity index (χ2n) is 6.74. The second-order valence-corrected chi connectivity index (χ2v) is 9.11. The topological polar surface area (TPSA) is 79.6 Å². The van der Waals surface area contributed by atoms with E-state index in [4.69, 9.17) is 16.0 Å². The van der Waals surface area contributed by atoms with Crippen LogP contribution in [0.3, 0.4) is 0 Å². The first-order valence-corrected chi connectivity index (χ1v) is 10.9. The van der Waals surface area contributed by atoms with Crippen LogP contribution >= 0.6 is 11.6 Å². The molecule has 0 unspecified atom stereocenters. The molecule has 0 atom stereocenters. The molecule has 0 bridgehead atoms. The molecule has 1 amide bonds. The van der Waals surface area contributed by atoms with E-state index in [1.54, 1.807) is 36.4 Å². The van der Waals surface area contributed by atoms with Crippen LogP contribution in [0.2, 0.25) is 5.02 Å². The van der Waals surface area contributed by atoms with Crippen LogP contribution in [0.25, 0.3) is 11.0 Å². The Bertz CT molecular complexity index is 1120. The van der Waals surface area contributed by atoms with E-state index in [-0.39, 0.29) is 10.7 Å². The number of furan rings is 1. The van der Waals surface area contributed by atoms with Crippen molar-refractivity contribution in [2.45, 2.75) is 24.2 Å². The lowest BCUT2D eigenvalue weighted by atomic mass is 10.2. The number of carbonyl (C=O) groups is 1. The number of hydrogen-bond donors (Lipinski definition) is 1. The summed E-state index contributed by atoms with van der Waals surface area (Å²) in [6.07, 6.45) is 2.83. The molecule has 0 radical (unpaired) electrons. The summed E-state index contributed by atoms with van der Waals surface area (Å²) in [6, 6.07) is 12.9. The van der Waals surface area contributed by atoms with Gasteiger partial charge < -0.3 is 9.73 Å².